The van der Waals surface area contributed by atoms with Gasteiger partial charge in [-0.15, -0.1) is 5.10 Å². The molecule has 2 amide bonds. The van der Waals surface area contributed by atoms with Gasteiger partial charge in [0.2, 0.25) is 5.90 Å². The van der Waals surface area contributed by atoms with Crippen LogP contribution in [0.4, 0.5) is 0 Å². The Morgan fingerprint density at radius 2 is 2.12 bits per heavy atom. The third kappa shape index (κ3) is 3.96. The van der Waals surface area contributed by atoms with E-state index in [0.717, 1.165) is 30.6 Å². The molecule has 8 heteroatoms. The maximum absolute atomic E-state index is 12.5. The number of likely N-dealkylation sites (N-methyl/N-ethyl adjacent to an activating group) is 1. The van der Waals surface area contributed by atoms with Crippen molar-refractivity contribution in [2.45, 2.75) is 32.8 Å². The summed E-state index contributed by atoms with van der Waals surface area (Å²) >= 11 is 0. The number of aromatic nitrogens is 1. The van der Waals surface area contributed by atoms with Crippen LogP contribution in [0.1, 0.15) is 40.2 Å². The lowest BCUT2D eigenvalue weighted by atomic mass is 10.1. The van der Waals surface area contributed by atoms with Gasteiger partial charge in [-0.3, -0.25) is 9.59 Å². The molecule has 0 saturated heterocycles. The molecule has 140 valence electrons. The molecule has 1 aromatic rings. The number of ether oxygens (including phenoxy) is 1. The first-order chi connectivity index (χ1) is 12.4. The summed E-state index contributed by atoms with van der Waals surface area (Å²) in [4.78, 5) is 29.8. The molecule has 3 rings (SSSR count). The van der Waals surface area contributed by atoms with Gasteiger partial charge < -0.3 is 19.9 Å². The van der Waals surface area contributed by atoms with Crippen molar-refractivity contribution in [1.82, 2.24) is 20.6 Å². The van der Waals surface area contributed by atoms with Gasteiger partial charge in [-0.2, -0.15) is 0 Å². The molecule has 1 aromatic heterocycles. The van der Waals surface area contributed by atoms with E-state index >= 15 is 0 Å². The van der Waals surface area contributed by atoms with Gasteiger partial charge in [-0.05, 0) is 52.4 Å². The van der Waals surface area contributed by atoms with Crippen LogP contribution in [0.25, 0.3) is 6.08 Å². The summed E-state index contributed by atoms with van der Waals surface area (Å²) in [5.41, 5.74) is 5.68. The number of aryl methyl sites for hydroxylation is 1. The molecule has 1 aliphatic heterocycles. The van der Waals surface area contributed by atoms with Crippen LogP contribution < -0.4 is 10.7 Å². The van der Waals surface area contributed by atoms with Gasteiger partial charge >= 0.3 is 0 Å². The quantitative estimate of drug-likeness (QED) is 0.658. The molecule has 0 radical (unpaired) electrons. The number of H-pyrrole nitrogens is 1. The predicted octanol–water partition coefficient (Wildman–Crippen LogP) is 0.929. The Morgan fingerprint density at radius 3 is 2.77 bits per heavy atom. The summed E-state index contributed by atoms with van der Waals surface area (Å²) in [5, 5.41) is 6.88. The van der Waals surface area contributed by atoms with Crippen molar-refractivity contribution in [2.75, 3.05) is 27.2 Å². The Kier molecular flexibility index (Phi) is 5.13. The molecule has 0 atom stereocenters. The number of hydrogen-bond acceptors (Lipinski definition) is 5. The van der Waals surface area contributed by atoms with E-state index in [9.17, 15) is 9.59 Å². The summed E-state index contributed by atoms with van der Waals surface area (Å²) in [6.45, 7) is 5.05. The van der Waals surface area contributed by atoms with Crippen LogP contribution in [0, 0.1) is 13.8 Å². The zero-order valence-electron chi connectivity index (χ0n) is 15.6. The Bertz CT molecular complexity index is 787. The van der Waals surface area contributed by atoms with E-state index in [4.69, 9.17) is 4.74 Å². The minimum Gasteiger partial charge on any atom is -0.473 e. The van der Waals surface area contributed by atoms with Gasteiger partial charge in [0.05, 0.1) is 5.56 Å². The number of carbonyl (C=O) groups excluding carboxylic acids is 2. The smallest absolute Gasteiger partial charge is 0.277 e. The average Bonchev–Trinajstić information content (AvgIpc) is 3.26. The molecule has 0 unspecified atom stereocenters. The maximum Gasteiger partial charge on any atom is 0.277 e. The first-order valence-electron chi connectivity index (χ1n) is 8.75. The van der Waals surface area contributed by atoms with Crippen molar-refractivity contribution in [3.63, 3.8) is 0 Å². The summed E-state index contributed by atoms with van der Waals surface area (Å²) in [6.07, 6.45) is 3.81. The molecule has 3 N–H and O–H groups in total. The lowest BCUT2D eigenvalue weighted by Crippen LogP contribution is -2.31. The molecule has 1 fully saturated rings. The van der Waals surface area contributed by atoms with Crippen LogP contribution >= 0.6 is 0 Å². The van der Waals surface area contributed by atoms with Crippen LogP contribution in [-0.2, 0) is 9.53 Å². The van der Waals surface area contributed by atoms with Crippen molar-refractivity contribution in [3.8, 4) is 0 Å². The number of rotatable bonds is 6. The molecule has 0 spiro atoms. The zero-order valence-corrected chi connectivity index (χ0v) is 15.6. The molecular formula is C18H25N5O3. The van der Waals surface area contributed by atoms with E-state index in [2.05, 4.69) is 20.8 Å². The number of hydrogen-bond donors (Lipinski definition) is 3. The lowest BCUT2D eigenvalue weighted by Gasteiger charge is -2.10. The Labute approximate surface area is 152 Å². The zero-order chi connectivity index (χ0) is 18.8. The van der Waals surface area contributed by atoms with Gasteiger partial charge in [0.25, 0.3) is 11.8 Å². The molecule has 26 heavy (non-hydrogen) atoms. The number of amides is 2. The SMILES string of the molecule is Cc1[nH]c(/C=C2/C(=O)NN=C2OC2CC2)c(C)c1C(=O)NCCN(C)C. The minimum atomic E-state index is -0.302. The largest absolute Gasteiger partial charge is 0.473 e. The highest BCUT2D eigenvalue weighted by atomic mass is 16.5. The normalized spacial score (nSPS) is 18.3. The van der Waals surface area contributed by atoms with E-state index in [1.807, 2.05) is 32.8 Å². The second-order valence-corrected chi connectivity index (χ2v) is 6.96. The maximum atomic E-state index is 12.5. The predicted molar refractivity (Wildman–Crippen MR) is 98.8 cm³/mol. The van der Waals surface area contributed by atoms with Crippen molar-refractivity contribution in [2.24, 2.45) is 5.10 Å². The van der Waals surface area contributed by atoms with E-state index < -0.39 is 0 Å². The van der Waals surface area contributed by atoms with Crippen molar-refractivity contribution >= 4 is 23.8 Å². The fraction of sp³-hybridized carbons (Fsp3) is 0.500. The first-order valence-corrected chi connectivity index (χ1v) is 8.75. The third-order valence-corrected chi connectivity index (χ3v) is 4.37. The molecule has 2 aliphatic rings. The average molecular weight is 359 g/mol. The van der Waals surface area contributed by atoms with Crippen LogP contribution in [-0.4, -0.2) is 60.9 Å². The van der Waals surface area contributed by atoms with E-state index in [0.29, 0.717) is 29.3 Å². The Hall–Kier alpha value is -2.61. The molecule has 1 saturated carbocycles. The highest BCUT2D eigenvalue weighted by Crippen LogP contribution is 2.27. The Morgan fingerprint density at radius 1 is 1.38 bits per heavy atom. The van der Waals surface area contributed by atoms with Crippen LogP contribution in [0.15, 0.2) is 10.7 Å². The molecule has 1 aliphatic carbocycles. The highest BCUT2D eigenvalue weighted by molar-refractivity contribution is 6.24. The minimum absolute atomic E-state index is 0.123. The Balaban J connectivity index is 1.79. The van der Waals surface area contributed by atoms with Gasteiger partial charge in [0, 0.05) is 24.5 Å². The number of carbonyl (C=O) groups is 2. The number of nitrogens with zero attached hydrogens (tertiary/aromatic N) is 2. The second-order valence-electron chi connectivity index (χ2n) is 6.96. The first kappa shape index (κ1) is 18.2. The number of nitrogens with one attached hydrogen (secondary N) is 3. The summed E-state index contributed by atoms with van der Waals surface area (Å²) in [7, 11) is 3.91. The highest BCUT2D eigenvalue weighted by Gasteiger charge is 2.32. The molecular weight excluding hydrogens is 334 g/mol. The third-order valence-electron chi connectivity index (χ3n) is 4.37. The second kappa shape index (κ2) is 7.33. The van der Waals surface area contributed by atoms with Crippen molar-refractivity contribution in [1.29, 1.82) is 0 Å². The monoisotopic (exact) mass is 359 g/mol. The van der Waals surface area contributed by atoms with E-state index in [1.165, 1.54) is 0 Å². The van der Waals surface area contributed by atoms with Crippen LogP contribution in [0.5, 0.6) is 0 Å². The van der Waals surface area contributed by atoms with E-state index in [-0.39, 0.29) is 17.9 Å². The van der Waals surface area contributed by atoms with Gasteiger partial charge in [-0.1, -0.05) is 0 Å². The molecule has 2 heterocycles. The summed E-state index contributed by atoms with van der Waals surface area (Å²) < 4.78 is 5.68. The van der Waals surface area contributed by atoms with E-state index in [1.54, 1.807) is 6.08 Å². The van der Waals surface area contributed by atoms with Gasteiger partial charge in [0.1, 0.15) is 11.7 Å². The summed E-state index contributed by atoms with van der Waals surface area (Å²) in [6, 6.07) is 0. The molecule has 0 bridgehead atoms. The van der Waals surface area contributed by atoms with Gasteiger partial charge in [0.15, 0.2) is 0 Å². The van der Waals surface area contributed by atoms with Crippen LogP contribution in [0.3, 0.4) is 0 Å². The summed E-state index contributed by atoms with van der Waals surface area (Å²) in [5.74, 6) is -0.104. The fourth-order valence-corrected chi connectivity index (χ4v) is 2.76. The van der Waals surface area contributed by atoms with Crippen LogP contribution in [0.2, 0.25) is 0 Å². The van der Waals surface area contributed by atoms with Crippen molar-refractivity contribution in [3.05, 3.63) is 28.1 Å². The number of aromatic amines is 1. The standard InChI is InChI=1S/C18H25N5O3/c1-10-14(9-13-16(24)21-22-18(13)26-12-5-6-12)20-11(2)15(10)17(25)19-7-8-23(3)4/h9,12,20H,5-8H2,1-4H3,(H,19,25)(H,21,24)/b13-9-. The topological polar surface area (TPSA) is 98.8 Å². The molecule has 0 aromatic carbocycles. The number of hydrazone groups is 1. The lowest BCUT2D eigenvalue weighted by molar-refractivity contribution is -0.116. The van der Waals surface area contributed by atoms with Crippen molar-refractivity contribution < 1.29 is 14.3 Å². The molecule has 8 nitrogen and oxygen atoms in total. The van der Waals surface area contributed by atoms with Gasteiger partial charge in [-0.25, -0.2) is 5.43 Å². The fourth-order valence-electron chi connectivity index (χ4n) is 2.76.